The Balaban J connectivity index is 2.75. The van der Waals surface area contributed by atoms with Crippen LogP contribution in [0.2, 0.25) is 0 Å². The van der Waals surface area contributed by atoms with Crippen LogP contribution in [-0.2, 0) is 6.18 Å². The van der Waals surface area contributed by atoms with Gasteiger partial charge in [-0.3, -0.25) is 0 Å². The van der Waals surface area contributed by atoms with Crippen molar-refractivity contribution in [1.29, 1.82) is 0 Å². The Morgan fingerprint density at radius 1 is 1.42 bits per heavy atom. The molecule has 1 aromatic heterocycles. The molecule has 0 amide bonds. The topological polar surface area (TPSA) is 28.2 Å². The summed E-state index contributed by atoms with van der Waals surface area (Å²) in [7, 11) is 3.90. The second kappa shape index (κ2) is 7.21. The number of nitrogens with zero attached hydrogens (tertiary/aromatic N) is 2. The molecule has 1 N–H and O–H groups in total. The van der Waals surface area contributed by atoms with Gasteiger partial charge in [0.05, 0.1) is 0 Å². The van der Waals surface area contributed by atoms with Crippen molar-refractivity contribution in [1.82, 2.24) is 15.2 Å². The Morgan fingerprint density at radius 3 is 2.58 bits per heavy atom. The summed E-state index contributed by atoms with van der Waals surface area (Å²) in [6.07, 6.45) is -1.29. The summed E-state index contributed by atoms with van der Waals surface area (Å²) < 4.78 is 37.6. The summed E-state index contributed by atoms with van der Waals surface area (Å²) in [5.41, 5.74) is 0. The van der Waals surface area contributed by atoms with Gasteiger partial charge in [0.2, 0.25) is 0 Å². The minimum Gasteiger partial charge on any atom is -0.309 e. The molecule has 0 fully saturated rings. The molecule has 1 rings (SSSR count). The van der Waals surface area contributed by atoms with Crippen LogP contribution in [-0.4, -0.2) is 37.1 Å². The number of nitrogens with one attached hydrogen (secondary N) is 1. The van der Waals surface area contributed by atoms with Gasteiger partial charge >= 0.3 is 6.18 Å². The van der Waals surface area contributed by atoms with Gasteiger partial charge in [0.1, 0.15) is 0 Å². The highest BCUT2D eigenvalue weighted by molar-refractivity contribution is 7.11. The van der Waals surface area contributed by atoms with Crippen LogP contribution < -0.4 is 5.32 Å². The van der Waals surface area contributed by atoms with Crippen molar-refractivity contribution >= 4 is 11.3 Å². The van der Waals surface area contributed by atoms with Crippen LogP contribution in [0.4, 0.5) is 13.2 Å². The normalized spacial score (nSPS) is 14.1. The lowest BCUT2D eigenvalue weighted by molar-refractivity contribution is -0.137. The van der Waals surface area contributed by atoms with Crippen molar-refractivity contribution < 1.29 is 13.2 Å². The van der Waals surface area contributed by atoms with E-state index in [1.54, 1.807) is 0 Å². The van der Waals surface area contributed by atoms with Crippen LogP contribution in [0, 0.1) is 0 Å². The highest BCUT2D eigenvalue weighted by Crippen LogP contribution is 2.35. The number of rotatable bonds is 7. The highest BCUT2D eigenvalue weighted by atomic mass is 32.1. The second-order valence-corrected chi connectivity index (χ2v) is 5.73. The van der Waals surface area contributed by atoms with Crippen LogP contribution in [0.25, 0.3) is 0 Å². The predicted octanol–water partition coefficient (Wildman–Crippen LogP) is 3.15. The molecule has 0 radical (unpaired) electrons. The third-order valence-corrected chi connectivity index (χ3v) is 3.77. The van der Waals surface area contributed by atoms with Crippen molar-refractivity contribution in [2.45, 2.75) is 32.0 Å². The van der Waals surface area contributed by atoms with E-state index < -0.39 is 11.2 Å². The molecular weight excluding hydrogens is 275 g/mol. The Morgan fingerprint density at radius 2 is 2.11 bits per heavy atom. The van der Waals surface area contributed by atoms with Gasteiger partial charge in [0.15, 0.2) is 5.01 Å². The van der Waals surface area contributed by atoms with Crippen LogP contribution in [0.5, 0.6) is 0 Å². The Bertz CT molecular complexity index is 377. The molecule has 0 aliphatic carbocycles. The fourth-order valence-corrected chi connectivity index (χ4v) is 2.52. The van der Waals surface area contributed by atoms with Crippen molar-refractivity contribution in [3.8, 4) is 0 Å². The Hall–Kier alpha value is -0.660. The lowest BCUT2D eigenvalue weighted by Crippen LogP contribution is -2.25. The summed E-state index contributed by atoms with van der Waals surface area (Å²) in [6, 6.07) is -0.0593. The maximum atomic E-state index is 12.5. The SMILES string of the molecule is CCCNC(CCN(C)C)c1cnc(C(F)(F)F)s1. The summed E-state index contributed by atoms with van der Waals surface area (Å²) in [4.78, 5) is 6.16. The van der Waals surface area contributed by atoms with E-state index in [1.165, 1.54) is 6.20 Å². The molecule has 110 valence electrons. The second-order valence-electron chi connectivity index (χ2n) is 4.66. The van der Waals surface area contributed by atoms with Crippen LogP contribution in [0.15, 0.2) is 6.20 Å². The molecule has 0 saturated heterocycles. The first kappa shape index (κ1) is 16.4. The molecule has 0 aliphatic heterocycles. The smallest absolute Gasteiger partial charge is 0.309 e. The zero-order valence-corrected chi connectivity index (χ0v) is 12.2. The molecule has 0 saturated carbocycles. The third kappa shape index (κ3) is 5.46. The monoisotopic (exact) mass is 295 g/mol. The van der Waals surface area contributed by atoms with Crippen molar-refractivity contribution in [2.75, 3.05) is 27.2 Å². The molecule has 0 spiro atoms. The fraction of sp³-hybridized carbons (Fsp3) is 0.750. The molecule has 0 bridgehead atoms. The van der Waals surface area contributed by atoms with Crippen molar-refractivity contribution in [2.24, 2.45) is 0 Å². The van der Waals surface area contributed by atoms with E-state index in [1.807, 2.05) is 25.9 Å². The molecule has 7 heteroatoms. The van der Waals surface area contributed by atoms with Gasteiger partial charge in [-0.2, -0.15) is 13.2 Å². The molecule has 3 nitrogen and oxygen atoms in total. The maximum absolute atomic E-state index is 12.5. The maximum Gasteiger partial charge on any atom is 0.443 e. The van der Waals surface area contributed by atoms with Gasteiger partial charge in [-0.15, -0.1) is 11.3 Å². The summed E-state index contributed by atoms with van der Waals surface area (Å²) >= 11 is 0.733. The summed E-state index contributed by atoms with van der Waals surface area (Å²) in [5.74, 6) is 0. The van der Waals surface area contributed by atoms with E-state index in [-0.39, 0.29) is 6.04 Å². The zero-order chi connectivity index (χ0) is 14.5. The number of hydrogen-bond donors (Lipinski definition) is 1. The van der Waals surface area contributed by atoms with Crippen molar-refractivity contribution in [3.05, 3.63) is 16.1 Å². The first-order chi connectivity index (χ1) is 8.84. The van der Waals surface area contributed by atoms with Gasteiger partial charge in [0.25, 0.3) is 0 Å². The highest BCUT2D eigenvalue weighted by Gasteiger charge is 2.35. The van der Waals surface area contributed by atoms with E-state index in [0.717, 1.165) is 37.3 Å². The summed E-state index contributed by atoms with van der Waals surface area (Å²) in [6.45, 7) is 3.64. The molecule has 0 aliphatic rings. The van der Waals surface area contributed by atoms with Gasteiger partial charge in [-0.1, -0.05) is 6.92 Å². The first-order valence-electron chi connectivity index (χ1n) is 6.25. The lowest BCUT2D eigenvalue weighted by atomic mass is 10.1. The van der Waals surface area contributed by atoms with E-state index in [2.05, 4.69) is 10.3 Å². The molecule has 1 heterocycles. The van der Waals surface area contributed by atoms with Crippen molar-refractivity contribution in [3.63, 3.8) is 0 Å². The quantitative estimate of drug-likeness (QED) is 0.837. The first-order valence-corrected chi connectivity index (χ1v) is 7.07. The zero-order valence-electron chi connectivity index (χ0n) is 11.4. The van der Waals surface area contributed by atoms with Gasteiger partial charge in [-0.25, -0.2) is 4.98 Å². The van der Waals surface area contributed by atoms with Gasteiger partial charge < -0.3 is 10.2 Å². The number of hydrogen-bond acceptors (Lipinski definition) is 4. The van der Waals surface area contributed by atoms with Crippen LogP contribution in [0.3, 0.4) is 0 Å². The van der Waals surface area contributed by atoms with E-state index in [9.17, 15) is 13.2 Å². The van der Waals surface area contributed by atoms with E-state index in [0.29, 0.717) is 4.88 Å². The lowest BCUT2D eigenvalue weighted by Gasteiger charge is -2.19. The average molecular weight is 295 g/mol. The van der Waals surface area contributed by atoms with Gasteiger partial charge in [0, 0.05) is 17.1 Å². The minimum atomic E-state index is -4.35. The Labute approximate surface area is 115 Å². The Kier molecular flexibility index (Phi) is 6.22. The number of aromatic nitrogens is 1. The minimum absolute atomic E-state index is 0.0593. The number of halogens is 3. The molecule has 1 atom stereocenters. The van der Waals surface area contributed by atoms with Crippen LogP contribution >= 0.6 is 11.3 Å². The average Bonchev–Trinajstić information content (AvgIpc) is 2.78. The fourth-order valence-electron chi connectivity index (χ4n) is 1.63. The number of alkyl halides is 3. The molecule has 1 unspecified atom stereocenters. The molecule has 1 aromatic rings. The van der Waals surface area contributed by atoms with Gasteiger partial charge in [-0.05, 0) is 40.0 Å². The molecule has 0 aromatic carbocycles. The molecular formula is C12H20F3N3S. The standard InChI is InChI=1S/C12H20F3N3S/c1-4-6-16-9(5-7-18(2)3)10-8-17-11(19-10)12(13,14)15/h8-9,16H,4-7H2,1-3H3. The van der Waals surface area contributed by atoms with E-state index >= 15 is 0 Å². The largest absolute Gasteiger partial charge is 0.443 e. The van der Waals surface area contributed by atoms with E-state index in [4.69, 9.17) is 0 Å². The summed E-state index contributed by atoms with van der Waals surface area (Å²) in [5, 5.41) is 2.51. The predicted molar refractivity (Wildman–Crippen MR) is 71.3 cm³/mol. The van der Waals surface area contributed by atoms with Crippen LogP contribution in [0.1, 0.15) is 35.7 Å². The number of thiazole rings is 1. The third-order valence-electron chi connectivity index (χ3n) is 2.62. The molecule has 19 heavy (non-hydrogen) atoms.